The van der Waals surface area contributed by atoms with Crippen LogP contribution in [0, 0.1) is 23.2 Å². The van der Waals surface area contributed by atoms with Crippen molar-refractivity contribution < 1.29 is 18.3 Å². The monoisotopic (exact) mass is 246 g/mol. The highest BCUT2D eigenvalue weighted by molar-refractivity contribution is 5.19. The van der Waals surface area contributed by atoms with Gasteiger partial charge in [0.1, 0.15) is 0 Å². The summed E-state index contributed by atoms with van der Waals surface area (Å²) in [6.45, 7) is 6.31. The zero-order valence-electron chi connectivity index (χ0n) is 10.6. The van der Waals surface area contributed by atoms with Crippen LogP contribution in [0.15, 0.2) is 0 Å². The zero-order chi connectivity index (χ0) is 12.5. The fourth-order valence-corrected chi connectivity index (χ4v) is 4.39. The van der Waals surface area contributed by atoms with Crippen LogP contribution in [-0.4, -0.2) is 24.9 Å². The summed E-state index contributed by atoms with van der Waals surface area (Å²) in [4.78, 5) is 0. The normalized spacial score (nSPS) is 51.0. The molecule has 1 heterocycles. The number of fused-ring (bicyclic) bond motifs is 2. The second-order valence-electron chi connectivity index (χ2n) is 6.08. The van der Waals surface area contributed by atoms with E-state index in [2.05, 4.69) is 0 Å². The maximum atomic E-state index is 14.5. The van der Waals surface area contributed by atoms with Gasteiger partial charge in [0.2, 0.25) is 0 Å². The minimum Gasteiger partial charge on any atom is -0.347 e. The molecule has 0 amide bonds. The van der Waals surface area contributed by atoms with Crippen molar-refractivity contribution in [2.45, 2.75) is 45.3 Å². The average Bonchev–Trinajstić information content (AvgIpc) is 2.77. The fraction of sp³-hybridized carbons (Fsp3) is 1.00. The first-order valence-electron chi connectivity index (χ1n) is 6.53. The van der Waals surface area contributed by atoms with E-state index in [1.54, 1.807) is 13.8 Å². The second kappa shape index (κ2) is 3.21. The van der Waals surface area contributed by atoms with Crippen LogP contribution < -0.4 is 0 Å². The molecule has 3 fully saturated rings. The third-order valence-electron chi connectivity index (χ3n) is 5.68. The molecular weight excluding hydrogens is 226 g/mol. The molecule has 0 aromatic rings. The molecule has 3 aliphatic rings. The van der Waals surface area contributed by atoms with Crippen molar-refractivity contribution in [3.8, 4) is 0 Å². The van der Waals surface area contributed by atoms with Crippen LogP contribution >= 0.6 is 0 Å². The molecule has 2 aliphatic carbocycles. The van der Waals surface area contributed by atoms with Crippen LogP contribution in [-0.2, 0) is 9.47 Å². The van der Waals surface area contributed by atoms with Gasteiger partial charge >= 0.3 is 0 Å². The number of ether oxygens (including phenoxy) is 2. The van der Waals surface area contributed by atoms with Gasteiger partial charge in [-0.25, -0.2) is 8.78 Å². The summed E-state index contributed by atoms with van der Waals surface area (Å²) in [7, 11) is 0. The van der Waals surface area contributed by atoms with Crippen molar-refractivity contribution >= 4 is 0 Å². The molecule has 3 rings (SSSR count). The highest BCUT2D eigenvalue weighted by atomic mass is 19.3. The van der Waals surface area contributed by atoms with E-state index in [4.69, 9.17) is 9.47 Å². The minimum atomic E-state index is -2.62. The standard InChI is InChI=1S/C13H20F2O2/c1-8-4-5-10-11(3,13(8,14)15)9(2)12(10)16-6-7-17-12/h8-10H,4-7H2,1-3H3/t8-,9-,10+,11+/m1/s1. The van der Waals surface area contributed by atoms with Crippen molar-refractivity contribution in [3.05, 3.63) is 0 Å². The summed E-state index contributed by atoms with van der Waals surface area (Å²) in [5.41, 5.74) is -0.963. The lowest BCUT2D eigenvalue weighted by molar-refractivity contribution is -0.411. The Bertz CT molecular complexity index is 338. The van der Waals surface area contributed by atoms with E-state index in [0.29, 0.717) is 19.6 Å². The Morgan fingerprint density at radius 3 is 2.24 bits per heavy atom. The third-order valence-corrected chi connectivity index (χ3v) is 5.68. The number of halogens is 2. The lowest BCUT2D eigenvalue weighted by atomic mass is 9.42. The highest BCUT2D eigenvalue weighted by Gasteiger charge is 2.79. The van der Waals surface area contributed by atoms with Gasteiger partial charge in [0.15, 0.2) is 5.79 Å². The van der Waals surface area contributed by atoms with E-state index < -0.39 is 23.0 Å². The van der Waals surface area contributed by atoms with E-state index in [1.807, 2.05) is 6.92 Å². The van der Waals surface area contributed by atoms with Crippen LogP contribution in [0.1, 0.15) is 33.6 Å². The molecule has 1 saturated heterocycles. The number of rotatable bonds is 0. The highest BCUT2D eigenvalue weighted by Crippen LogP contribution is 2.72. The zero-order valence-corrected chi connectivity index (χ0v) is 10.6. The predicted molar refractivity (Wildman–Crippen MR) is 58.7 cm³/mol. The predicted octanol–water partition coefficient (Wildman–Crippen LogP) is 3.07. The van der Waals surface area contributed by atoms with Crippen LogP contribution in [0.3, 0.4) is 0 Å². The summed E-state index contributed by atoms with van der Waals surface area (Å²) in [6, 6.07) is 0. The summed E-state index contributed by atoms with van der Waals surface area (Å²) in [5, 5.41) is 0. The van der Waals surface area contributed by atoms with Crippen molar-refractivity contribution in [3.63, 3.8) is 0 Å². The molecule has 2 saturated carbocycles. The van der Waals surface area contributed by atoms with E-state index >= 15 is 0 Å². The first-order valence-corrected chi connectivity index (χ1v) is 6.53. The molecule has 98 valence electrons. The maximum absolute atomic E-state index is 14.5. The van der Waals surface area contributed by atoms with E-state index in [0.717, 1.165) is 6.42 Å². The lowest BCUT2D eigenvalue weighted by Gasteiger charge is -2.68. The van der Waals surface area contributed by atoms with Gasteiger partial charge < -0.3 is 9.47 Å². The van der Waals surface area contributed by atoms with Gasteiger partial charge in [-0.2, -0.15) is 0 Å². The van der Waals surface area contributed by atoms with Gasteiger partial charge in [-0.1, -0.05) is 20.8 Å². The van der Waals surface area contributed by atoms with Gasteiger partial charge in [0, 0.05) is 23.2 Å². The van der Waals surface area contributed by atoms with Gasteiger partial charge in [-0.3, -0.25) is 0 Å². The summed E-state index contributed by atoms with van der Waals surface area (Å²) in [6.07, 6.45) is 1.35. The van der Waals surface area contributed by atoms with Gasteiger partial charge in [0.25, 0.3) is 5.92 Å². The second-order valence-corrected chi connectivity index (χ2v) is 6.08. The van der Waals surface area contributed by atoms with Crippen molar-refractivity contribution in [2.24, 2.45) is 23.2 Å². The number of alkyl halides is 2. The summed E-state index contributed by atoms with van der Waals surface area (Å²) in [5.74, 6) is -4.25. The smallest absolute Gasteiger partial charge is 0.256 e. The Balaban J connectivity index is 1.98. The molecule has 0 aromatic heterocycles. The third kappa shape index (κ3) is 1.08. The van der Waals surface area contributed by atoms with E-state index in [-0.39, 0.29) is 11.8 Å². The molecule has 17 heavy (non-hydrogen) atoms. The molecule has 0 radical (unpaired) electrons. The molecule has 0 bridgehead atoms. The van der Waals surface area contributed by atoms with Crippen molar-refractivity contribution in [1.82, 2.24) is 0 Å². The first kappa shape index (κ1) is 11.8. The Hall–Kier alpha value is -0.220. The Labute approximate surface area is 101 Å². The van der Waals surface area contributed by atoms with Crippen molar-refractivity contribution in [1.29, 1.82) is 0 Å². The van der Waals surface area contributed by atoms with E-state index in [1.165, 1.54) is 0 Å². The van der Waals surface area contributed by atoms with Gasteiger partial charge in [0.05, 0.1) is 13.2 Å². The first-order chi connectivity index (χ1) is 7.87. The van der Waals surface area contributed by atoms with Crippen LogP contribution in [0.25, 0.3) is 0 Å². The quantitative estimate of drug-likeness (QED) is 0.654. The molecule has 1 aliphatic heterocycles. The van der Waals surface area contributed by atoms with Gasteiger partial charge in [-0.15, -0.1) is 0 Å². The van der Waals surface area contributed by atoms with Crippen LogP contribution in [0.4, 0.5) is 8.78 Å². The SMILES string of the molecule is C[C@@H]1CC[C@@H]2C3(OCCO3)[C@H](C)[C@]2(C)C1(F)F. The lowest BCUT2D eigenvalue weighted by Crippen LogP contribution is -2.76. The Kier molecular flexibility index (Phi) is 2.24. The van der Waals surface area contributed by atoms with Crippen molar-refractivity contribution in [2.75, 3.05) is 13.2 Å². The molecule has 1 spiro atoms. The minimum absolute atomic E-state index is 0.154. The summed E-state index contributed by atoms with van der Waals surface area (Å²) < 4.78 is 40.3. The molecule has 0 aromatic carbocycles. The molecule has 4 atom stereocenters. The average molecular weight is 246 g/mol. The number of hydrogen-bond donors (Lipinski definition) is 0. The molecule has 0 unspecified atom stereocenters. The molecule has 0 N–H and O–H groups in total. The fourth-order valence-electron chi connectivity index (χ4n) is 4.39. The molecule has 2 nitrogen and oxygen atoms in total. The summed E-state index contributed by atoms with van der Waals surface area (Å²) >= 11 is 0. The Morgan fingerprint density at radius 1 is 1.06 bits per heavy atom. The van der Waals surface area contributed by atoms with Gasteiger partial charge in [-0.05, 0) is 12.8 Å². The van der Waals surface area contributed by atoms with Crippen LogP contribution in [0.2, 0.25) is 0 Å². The van der Waals surface area contributed by atoms with Crippen LogP contribution in [0.5, 0.6) is 0 Å². The largest absolute Gasteiger partial charge is 0.347 e. The number of hydrogen-bond acceptors (Lipinski definition) is 2. The Morgan fingerprint density at radius 2 is 1.65 bits per heavy atom. The molecular formula is C13H20F2O2. The van der Waals surface area contributed by atoms with E-state index in [9.17, 15) is 8.78 Å². The maximum Gasteiger partial charge on any atom is 0.256 e. The molecule has 4 heteroatoms. The topological polar surface area (TPSA) is 18.5 Å².